The van der Waals surface area contributed by atoms with E-state index in [-0.39, 0.29) is 16.5 Å². The molecule has 0 aliphatic heterocycles. The van der Waals surface area contributed by atoms with Crippen LogP contribution in [0.2, 0.25) is 0 Å². The molecule has 1 aromatic carbocycles. The maximum absolute atomic E-state index is 11.4. The Morgan fingerprint density at radius 2 is 1.74 bits per heavy atom. The average molecular weight is 327 g/mol. The summed E-state index contributed by atoms with van der Waals surface area (Å²) in [7, 11) is -2.51. The van der Waals surface area contributed by atoms with Crippen LogP contribution in [0.1, 0.15) is 30.9 Å². The number of benzene rings is 1. The van der Waals surface area contributed by atoms with Crippen LogP contribution in [0.15, 0.2) is 17.0 Å². The van der Waals surface area contributed by atoms with Crippen molar-refractivity contribution in [3.05, 3.63) is 23.3 Å². The maximum Gasteiger partial charge on any atom is 0.296 e. The molecule has 1 aromatic rings. The fourth-order valence-electron chi connectivity index (χ4n) is 1.66. The van der Waals surface area contributed by atoms with Gasteiger partial charge in [0.15, 0.2) is 0 Å². The van der Waals surface area contributed by atoms with Crippen LogP contribution in [-0.2, 0) is 19.3 Å². The molecule has 3 N–H and O–H groups in total. The number of aryl methyl sites for hydroxylation is 1. The predicted molar refractivity (Wildman–Crippen MR) is 75.0 cm³/mol. The Morgan fingerprint density at radius 1 is 1.21 bits per heavy atom. The third-order valence-electron chi connectivity index (χ3n) is 2.49. The summed E-state index contributed by atoms with van der Waals surface area (Å²) in [6.07, 6.45) is 0. The van der Waals surface area contributed by atoms with Gasteiger partial charge in [0, 0.05) is 10.7 Å². The van der Waals surface area contributed by atoms with E-state index in [2.05, 4.69) is 4.72 Å². The predicted octanol–water partition coefficient (Wildman–Crippen LogP) is 1.66. The van der Waals surface area contributed by atoms with Crippen molar-refractivity contribution in [2.24, 2.45) is 5.14 Å². The third-order valence-corrected chi connectivity index (χ3v) is 4.31. The van der Waals surface area contributed by atoms with Crippen molar-refractivity contribution in [1.29, 1.82) is 0 Å². The highest BCUT2D eigenvalue weighted by molar-refractivity contribution is 8.13. The van der Waals surface area contributed by atoms with E-state index < -0.39 is 19.3 Å². The van der Waals surface area contributed by atoms with Crippen LogP contribution in [0.5, 0.6) is 0 Å². The van der Waals surface area contributed by atoms with E-state index in [0.717, 1.165) is 0 Å². The highest BCUT2D eigenvalue weighted by Gasteiger charge is 2.19. The van der Waals surface area contributed by atoms with Gasteiger partial charge in [-0.3, -0.25) is 4.72 Å². The van der Waals surface area contributed by atoms with E-state index in [4.69, 9.17) is 15.8 Å². The van der Waals surface area contributed by atoms with Crippen LogP contribution in [-0.4, -0.2) is 16.8 Å². The molecule has 19 heavy (non-hydrogen) atoms. The van der Waals surface area contributed by atoms with Crippen molar-refractivity contribution in [2.75, 3.05) is 4.72 Å². The molecule has 0 radical (unpaired) electrons. The first-order valence-corrected chi connectivity index (χ1v) is 9.17. The summed E-state index contributed by atoms with van der Waals surface area (Å²) >= 11 is 0. The molecule has 0 spiro atoms. The number of halogens is 1. The third kappa shape index (κ3) is 4.34. The molecule has 1 rings (SSSR count). The standard InChI is InChI=1S/C10H15ClN2O4S2/c1-6(2)9-5-8(18(11,14)15)4-7(3)10(9)13-19(12,16)17/h4-6,13H,1-3H3,(H2,12,16,17). The number of anilines is 1. The summed E-state index contributed by atoms with van der Waals surface area (Å²) in [5.41, 5.74) is 1.22. The van der Waals surface area contributed by atoms with Gasteiger partial charge in [-0.15, -0.1) is 0 Å². The van der Waals surface area contributed by atoms with E-state index in [0.29, 0.717) is 11.1 Å². The normalized spacial score (nSPS) is 12.7. The Kier molecular flexibility index (Phi) is 4.51. The van der Waals surface area contributed by atoms with E-state index in [1.54, 1.807) is 20.8 Å². The van der Waals surface area contributed by atoms with Crippen molar-refractivity contribution >= 4 is 35.6 Å². The van der Waals surface area contributed by atoms with E-state index >= 15 is 0 Å². The molecule has 6 nitrogen and oxygen atoms in total. The van der Waals surface area contributed by atoms with Crippen LogP contribution in [0.4, 0.5) is 5.69 Å². The quantitative estimate of drug-likeness (QED) is 0.820. The molecule has 0 aliphatic carbocycles. The van der Waals surface area contributed by atoms with Gasteiger partial charge in [-0.05, 0) is 36.1 Å². The zero-order valence-corrected chi connectivity index (χ0v) is 13.0. The van der Waals surface area contributed by atoms with E-state index in [9.17, 15) is 16.8 Å². The minimum absolute atomic E-state index is 0.0738. The van der Waals surface area contributed by atoms with Gasteiger partial charge >= 0.3 is 0 Å². The van der Waals surface area contributed by atoms with Crippen molar-refractivity contribution in [2.45, 2.75) is 31.6 Å². The van der Waals surface area contributed by atoms with Gasteiger partial charge in [-0.2, -0.15) is 8.42 Å². The molecular formula is C10H15ClN2O4S2. The fourth-order valence-corrected chi connectivity index (χ4v) is 3.07. The molecule has 108 valence electrons. The van der Waals surface area contributed by atoms with Gasteiger partial charge in [0.2, 0.25) is 0 Å². The van der Waals surface area contributed by atoms with Crippen molar-refractivity contribution in [3.63, 3.8) is 0 Å². The van der Waals surface area contributed by atoms with E-state index in [1.165, 1.54) is 12.1 Å². The topological polar surface area (TPSA) is 106 Å². The summed E-state index contributed by atoms with van der Waals surface area (Å²) in [6.45, 7) is 5.17. The first-order chi connectivity index (χ1) is 8.42. The minimum Gasteiger partial charge on any atom is -0.271 e. The van der Waals surface area contributed by atoms with Crippen LogP contribution >= 0.6 is 10.7 Å². The largest absolute Gasteiger partial charge is 0.296 e. The summed E-state index contributed by atoms with van der Waals surface area (Å²) < 4.78 is 47.2. The van der Waals surface area contributed by atoms with E-state index in [1.807, 2.05) is 0 Å². The van der Waals surface area contributed by atoms with Gasteiger partial charge in [0.25, 0.3) is 19.3 Å². The number of hydrogen-bond donors (Lipinski definition) is 2. The Hall–Kier alpha value is -0.830. The lowest BCUT2D eigenvalue weighted by molar-refractivity contribution is 0.602. The van der Waals surface area contributed by atoms with Gasteiger partial charge in [-0.1, -0.05) is 13.8 Å². The number of rotatable bonds is 4. The van der Waals surface area contributed by atoms with Gasteiger partial charge in [0.1, 0.15) is 0 Å². The molecule has 0 saturated heterocycles. The van der Waals surface area contributed by atoms with Crippen molar-refractivity contribution in [3.8, 4) is 0 Å². The highest BCUT2D eigenvalue weighted by atomic mass is 35.7. The molecule has 0 unspecified atom stereocenters. The Balaban J connectivity index is 3.57. The lowest BCUT2D eigenvalue weighted by atomic mass is 9.99. The molecule has 0 heterocycles. The molecular weight excluding hydrogens is 312 g/mol. The van der Waals surface area contributed by atoms with Crippen LogP contribution in [0.25, 0.3) is 0 Å². The lowest BCUT2D eigenvalue weighted by Crippen LogP contribution is -2.23. The van der Waals surface area contributed by atoms with Crippen molar-refractivity contribution < 1.29 is 16.8 Å². The second-order valence-corrected chi connectivity index (χ2v) is 8.30. The first kappa shape index (κ1) is 16.2. The SMILES string of the molecule is Cc1cc(S(=O)(=O)Cl)cc(C(C)C)c1NS(N)(=O)=O. The molecule has 9 heteroatoms. The summed E-state index contributed by atoms with van der Waals surface area (Å²) in [4.78, 5) is -0.0738. The maximum atomic E-state index is 11.4. The average Bonchev–Trinajstić information content (AvgIpc) is 2.16. The molecule has 0 fully saturated rings. The molecule has 0 atom stereocenters. The fraction of sp³-hybridized carbons (Fsp3) is 0.400. The second kappa shape index (κ2) is 5.28. The monoisotopic (exact) mass is 326 g/mol. The second-order valence-electron chi connectivity index (χ2n) is 4.44. The Bertz CT molecular complexity index is 696. The summed E-state index contributed by atoms with van der Waals surface area (Å²) in [6, 6.07) is 2.63. The molecule has 0 aromatic heterocycles. The smallest absolute Gasteiger partial charge is 0.271 e. The summed E-state index contributed by atoms with van der Waals surface area (Å²) in [5.74, 6) is -0.110. The van der Waals surface area contributed by atoms with Gasteiger partial charge in [0.05, 0.1) is 10.6 Å². The Labute approximate surface area is 117 Å². The van der Waals surface area contributed by atoms with Gasteiger partial charge < -0.3 is 0 Å². The van der Waals surface area contributed by atoms with Gasteiger partial charge in [-0.25, -0.2) is 13.6 Å². The molecule has 0 saturated carbocycles. The zero-order chi connectivity index (χ0) is 15.0. The zero-order valence-electron chi connectivity index (χ0n) is 10.6. The Morgan fingerprint density at radius 3 is 2.11 bits per heavy atom. The number of nitrogens with one attached hydrogen (secondary N) is 1. The molecule has 0 aliphatic rings. The van der Waals surface area contributed by atoms with Crippen molar-refractivity contribution in [1.82, 2.24) is 0 Å². The van der Waals surface area contributed by atoms with Crippen LogP contribution in [0, 0.1) is 6.92 Å². The number of nitrogens with two attached hydrogens (primary N) is 1. The first-order valence-electron chi connectivity index (χ1n) is 5.31. The van der Waals surface area contributed by atoms with Crippen LogP contribution in [0.3, 0.4) is 0 Å². The molecule has 0 amide bonds. The number of hydrogen-bond acceptors (Lipinski definition) is 4. The summed E-state index contributed by atoms with van der Waals surface area (Å²) in [5, 5.41) is 4.95. The van der Waals surface area contributed by atoms with Crippen LogP contribution < -0.4 is 9.86 Å². The molecule has 0 bridgehead atoms. The lowest BCUT2D eigenvalue weighted by Gasteiger charge is -2.17. The minimum atomic E-state index is -3.94. The highest BCUT2D eigenvalue weighted by Crippen LogP contribution is 2.32.